The summed E-state index contributed by atoms with van der Waals surface area (Å²) in [5, 5.41) is 13.1. The van der Waals surface area contributed by atoms with Gasteiger partial charge in [-0.2, -0.15) is 4.80 Å². The molecule has 1 heterocycles. The van der Waals surface area contributed by atoms with Gasteiger partial charge >= 0.3 is 0 Å². The van der Waals surface area contributed by atoms with E-state index in [0.717, 1.165) is 23.2 Å². The zero-order chi connectivity index (χ0) is 26.0. The highest BCUT2D eigenvalue weighted by molar-refractivity contribution is 6.42. The fraction of sp³-hybridized carbons (Fsp3) is 0.296. The van der Waals surface area contributed by atoms with Gasteiger partial charge in [0.15, 0.2) is 12.4 Å². The Balaban J connectivity index is 1.49. The molecule has 36 heavy (non-hydrogen) atoms. The second-order valence-electron chi connectivity index (χ2n) is 8.77. The molecule has 0 fully saturated rings. The zero-order valence-corrected chi connectivity index (χ0v) is 22.9. The minimum atomic E-state index is -0.357. The number of unbranched alkanes of at least 4 members (excludes halogenated alkanes) is 1. The standard InChI is InChI=1S/C27H27Cl3N4O2/c1-5-6-7-18-8-10-19(11-9-18)34-32-21-12-15(2)20(13-22(21)33-34)31-23(35)14-36-27-25(29)16(3)24(28)17(4)26(27)30/h8-13H,5-7,14H2,1-4H3,(H,31,35). The number of aryl methyl sites for hydroxylation is 2. The molecule has 4 rings (SSSR count). The van der Waals surface area contributed by atoms with Gasteiger partial charge in [0.25, 0.3) is 5.91 Å². The van der Waals surface area contributed by atoms with Gasteiger partial charge in [-0.05, 0) is 80.1 Å². The second kappa shape index (κ2) is 11.1. The molecule has 0 atom stereocenters. The Hall–Kier alpha value is -2.80. The van der Waals surface area contributed by atoms with Gasteiger partial charge in [-0.15, -0.1) is 10.2 Å². The van der Waals surface area contributed by atoms with Gasteiger partial charge in [0.05, 0.1) is 15.7 Å². The minimum absolute atomic E-state index is 0.240. The highest BCUT2D eigenvalue weighted by atomic mass is 35.5. The van der Waals surface area contributed by atoms with Crippen LogP contribution in [0.5, 0.6) is 5.75 Å². The number of ether oxygens (including phenoxy) is 1. The summed E-state index contributed by atoms with van der Waals surface area (Å²) >= 11 is 18.9. The maximum atomic E-state index is 12.7. The van der Waals surface area contributed by atoms with E-state index in [9.17, 15) is 4.79 Å². The number of hydrogen-bond acceptors (Lipinski definition) is 4. The first-order chi connectivity index (χ1) is 17.2. The molecule has 0 unspecified atom stereocenters. The first-order valence-corrected chi connectivity index (χ1v) is 12.9. The lowest BCUT2D eigenvalue weighted by molar-refractivity contribution is -0.118. The third-order valence-corrected chi connectivity index (χ3v) is 7.53. The average Bonchev–Trinajstić information content (AvgIpc) is 3.28. The van der Waals surface area contributed by atoms with E-state index in [-0.39, 0.29) is 28.3 Å². The number of anilines is 1. The molecule has 188 valence electrons. The normalized spacial score (nSPS) is 11.2. The molecule has 0 aliphatic heterocycles. The maximum absolute atomic E-state index is 12.7. The fourth-order valence-corrected chi connectivity index (χ4v) is 4.68. The average molecular weight is 546 g/mol. The van der Waals surface area contributed by atoms with Crippen LogP contribution in [0.25, 0.3) is 16.7 Å². The van der Waals surface area contributed by atoms with E-state index in [2.05, 4.69) is 34.6 Å². The number of aromatic nitrogens is 3. The highest BCUT2D eigenvalue weighted by Crippen LogP contribution is 2.42. The third kappa shape index (κ3) is 5.46. The lowest BCUT2D eigenvalue weighted by atomic mass is 10.1. The van der Waals surface area contributed by atoms with Crippen LogP contribution in [0.15, 0.2) is 36.4 Å². The lowest BCUT2D eigenvalue weighted by Gasteiger charge is -2.15. The van der Waals surface area contributed by atoms with E-state index in [1.807, 2.05) is 25.1 Å². The van der Waals surface area contributed by atoms with Crippen molar-refractivity contribution in [3.8, 4) is 11.4 Å². The Morgan fingerprint density at radius 3 is 2.17 bits per heavy atom. The van der Waals surface area contributed by atoms with E-state index in [1.54, 1.807) is 24.7 Å². The van der Waals surface area contributed by atoms with Crippen LogP contribution in [0.2, 0.25) is 15.1 Å². The predicted molar refractivity (Wildman–Crippen MR) is 147 cm³/mol. The molecule has 3 aromatic carbocycles. The number of nitrogens with one attached hydrogen (secondary N) is 1. The van der Waals surface area contributed by atoms with E-state index >= 15 is 0 Å². The molecule has 6 nitrogen and oxygen atoms in total. The number of benzene rings is 3. The summed E-state index contributed by atoms with van der Waals surface area (Å²) in [6, 6.07) is 12.0. The molecule has 4 aromatic rings. The van der Waals surface area contributed by atoms with Crippen molar-refractivity contribution in [2.75, 3.05) is 11.9 Å². The Morgan fingerprint density at radius 1 is 0.944 bits per heavy atom. The van der Waals surface area contributed by atoms with E-state index in [0.29, 0.717) is 27.4 Å². The summed E-state index contributed by atoms with van der Waals surface area (Å²) in [6.45, 7) is 7.36. The molecule has 0 saturated carbocycles. The molecular weight excluding hydrogens is 519 g/mol. The van der Waals surface area contributed by atoms with Crippen molar-refractivity contribution in [3.63, 3.8) is 0 Å². The summed E-state index contributed by atoms with van der Waals surface area (Å²) in [5.74, 6) is -0.117. The molecule has 1 amide bonds. The number of fused-ring (bicyclic) bond motifs is 1. The summed E-state index contributed by atoms with van der Waals surface area (Å²) in [6.07, 6.45) is 3.40. The number of carbonyl (C=O) groups excluding carboxylic acids is 1. The molecule has 0 saturated heterocycles. The van der Waals surface area contributed by atoms with Gasteiger partial charge in [0.1, 0.15) is 11.0 Å². The van der Waals surface area contributed by atoms with Crippen molar-refractivity contribution in [1.82, 2.24) is 15.0 Å². The SMILES string of the molecule is CCCCc1ccc(-n2nc3cc(C)c(NC(=O)COc4c(Cl)c(C)c(Cl)c(C)c4Cl)cc3n2)cc1. The van der Waals surface area contributed by atoms with Gasteiger partial charge in [0, 0.05) is 10.7 Å². The Labute approximate surface area is 225 Å². The van der Waals surface area contributed by atoms with Crippen LogP contribution < -0.4 is 10.1 Å². The summed E-state index contributed by atoms with van der Waals surface area (Å²) in [7, 11) is 0. The first kappa shape index (κ1) is 26.3. The van der Waals surface area contributed by atoms with Crippen molar-refractivity contribution in [2.24, 2.45) is 0 Å². The number of rotatable bonds is 8. The van der Waals surface area contributed by atoms with Gasteiger partial charge < -0.3 is 10.1 Å². The number of amides is 1. The number of carbonyl (C=O) groups is 1. The fourth-order valence-electron chi connectivity index (χ4n) is 3.86. The second-order valence-corrected chi connectivity index (χ2v) is 9.91. The molecule has 9 heteroatoms. The molecule has 1 aromatic heterocycles. The van der Waals surface area contributed by atoms with Gasteiger partial charge in [0.2, 0.25) is 0 Å². The van der Waals surface area contributed by atoms with Gasteiger partial charge in [-0.1, -0.05) is 60.3 Å². The minimum Gasteiger partial charge on any atom is -0.481 e. The van der Waals surface area contributed by atoms with E-state index in [4.69, 9.17) is 39.5 Å². The van der Waals surface area contributed by atoms with Crippen LogP contribution in [0.1, 0.15) is 42.0 Å². The molecule has 0 aliphatic carbocycles. The topological polar surface area (TPSA) is 69.0 Å². The largest absolute Gasteiger partial charge is 0.481 e. The highest BCUT2D eigenvalue weighted by Gasteiger charge is 2.19. The molecule has 1 N–H and O–H groups in total. The summed E-state index contributed by atoms with van der Waals surface area (Å²) in [4.78, 5) is 14.3. The van der Waals surface area contributed by atoms with Crippen molar-refractivity contribution < 1.29 is 9.53 Å². The lowest BCUT2D eigenvalue weighted by Crippen LogP contribution is -2.21. The Kier molecular flexibility index (Phi) is 8.08. The quantitative estimate of drug-likeness (QED) is 0.247. The van der Waals surface area contributed by atoms with Gasteiger partial charge in [-0.3, -0.25) is 4.79 Å². The zero-order valence-electron chi connectivity index (χ0n) is 20.6. The van der Waals surface area contributed by atoms with Gasteiger partial charge in [-0.25, -0.2) is 0 Å². The number of halogens is 3. The molecule has 0 aliphatic rings. The summed E-state index contributed by atoms with van der Waals surface area (Å²) < 4.78 is 5.67. The molecule has 0 radical (unpaired) electrons. The van der Waals surface area contributed by atoms with Crippen molar-refractivity contribution >= 4 is 57.4 Å². The van der Waals surface area contributed by atoms with Crippen LogP contribution in [0.3, 0.4) is 0 Å². The van der Waals surface area contributed by atoms with Crippen LogP contribution in [-0.2, 0) is 11.2 Å². The third-order valence-electron chi connectivity index (χ3n) is 6.05. The first-order valence-electron chi connectivity index (χ1n) is 11.7. The monoisotopic (exact) mass is 544 g/mol. The van der Waals surface area contributed by atoms with Crippen molar-refractivity contribution in [2.45, 2.75) is 47.0 Å². The van der Waals surface area contributed by atoms with Crippen LogP contribution in [0.4, 0.5) is 5.69 Å². The number of hydrogen-bond donors (Lipinski definition) is 1. The van der Waals surface area contributed by atoms with E-state index < -0.39 is 0 Å². The number of nitrogens with zero attached hydrogens (tertiary/aromatic N) is 3. The summed E-state index contributed by atoms with van der Waals surface area (Å²) in [5.41, 5.74) is 6.36. The maximum Gasteiger partial charge on any atom is 0.262 e. The molecule has 0 spiro atoms. The van der Waals surface area contributed by atoms with Crippen molar-refractivity contribution in [3.05, 3.63) is 73.7 Å². The Bertz CT molecular complexity index is 1400. The molecule has 0 bridgehead atoms. The van der Waals surface area contributed by atoms with Crippen LogP contribution in [0, 0.1) is 20.8 Å². The smallest absolute Gasteiger partial charge is 0.262 e. The van der Waals surface area contributed by atoms with Crippen molar-refractivity contribution in [1.29, 1.82) is 0 Å². The molecular formula is C27H27Cl3N4O2. The van der Waals surface area contributed by atoms with Crippen LogP contribution in [-0.4, -0.2) is 27.5 Å². The van der Waals surface area contributed by atoms with Crippen LogP contribution >= 0.6 is 34.8 Å². The van der Waals surface area contributed by atoms with E-state index in [1.165, 1.54) is 18.4 Å². The Morgan fingerprint density at radius 2 is 1.56 bits per heavy atom. The predicted octanol–water partition coefficient (Wildman–Crippen LogP) is 7.67.